The van der Waals surface area contributed by atoms with Gasteiger partial charge in [-0.15, -0.1) is 11.3 Å². The van der Waals surface area contributed by atoms with Gasteiger partial charge in [-0.2, -0.15) is 0 Å². The molecule has 5 nitrogen and oxygen atoms in total. The number of carbonyl (C=O) groups is 1. The second kappa shape index (κ2) is 15.9. The van der Waals surface area contributed by atoms with E-state index in [2.05, 4.69) is 34.5 Å². The Morgan fingerprint density at radius 3 is 1.91 bits per heavy atom. The Morgan fingerprint density at radius 2 is 1.28 bits per heavy atom. The Kier molecular flexibility index (Phi) is 10.8. The third kappa shape index (κ3) is 9.45. The number of thiazole rings is 1. The van der Waals surface area contributed by atoms with Gasteiger partial charge in [0.25, 0.3) is 5.91 Å². The molecule has 6 aromatic rings. The van der Waals surface area contributed by atoms with Gasteiger partial charge in [-0.05, 0) is 58.5 Å². The molecule has 0 fully saturated rings. The first-order valence-corrected chi connectivity index (χ1v) is 16.5. The van der Waals surface area contributed by atoms with Crippen LogP contribution in [0.15, 0.2) is 145 Å². The number of ether oxygens (including phenoxy) is 1. The van der Waals surface area contributed by atoms with E-state index in [0.717, 1.165) is 38.6 Å². The highest BCUT2D eigenvalue weighted by Gasteiger charge is 2.19. The number of nitrogens with zero attached hydrogens (tertiary/aromatic N) is 2. The van der Waals surface area contributed by atoms with Gasteiger partial charge in [-0.1, -0.05) is 115 Å². The zero-order valence-electron chi connectivity index (χ0n) is 26.0. The van der Waals surface area contributed by atoms with E-state index in [1.165, 1.54) is 23.5 Å². The van der Waals surface area contributed by atoms with E-state index in [-0.39, 0.29) is 17.8 Å². The minimum atomic E-state index is -0.261. The van der Waals surface area contributed by atoms with Crippen LogP contribution in [-0.2, 0) is 32.7 Å². The summed E-state index contributed by atoms with van der Waals surface area (Å²) in [6, 6.07) is 44.8. The Labute approximate surface area is 279 Å². The second-order valence-electron chi connectivity index (χ2n) is 11.4. The Hall–Kier alpha value is -5.11. The fourth-order valence-corrected chi connectivity index (χ4v) is 6.22. The van der Waals surface area contributed by atoms with Gasteiger partial charge in [-0.3, -0.25) is 9.69 Å². The third-order valence-corrected chi connectivity index (χ3v) is 8.66. The monoisotopic (exact) mass is 641 g/mol. The number of amides is 1. The Balaban J connectivity index is 1.13. The maximum absolute atomic E-state index is 13.7. The summed E-state index contributed by atoms with van der Waals surface area (Å²) in [5.41, 5.74) is 5.82. The van der Waals surface area contributed by atoms with Gasteiger partial charge in [0, 0.05) is 18.5 Å². The van der Waals surface area contributed by atoms with Crippen LogP contribution in [0.4, 0.5) is 4.39 Å². The number of rotatable bonds is 14. The van der Waals surface area contributed by atoms with E-state index in [1.54, 1.807) is 12.1 Å². The molecule has 0 aliphatic rings. The summed E-state index contributed by atoms with van der Waals surface area (Å²) >= 11 is 1.47. The highest BCUT2D eigenvalue weighted by atomic mass is 32.1. The lowest BCUT2D eigenvalue weighted by Gasteiger charge is -2.22. The minimum Gasteiger partial charge on any atom is -0.489 e. The largest absolute Gasteiger partial charge is 0.489 e. The first kappa shape index (κ1) is 31.9. The number of hydrogen-bond acceptors (Lipinski definition) is 5. The van der Waals surface area contributed by atoms with Crippen LogP contribution in [0.5, 0.6) is 5.75 Å². The fourth-order valence-electron chi connectivity index (χ4n) is 5.40. The molecule has 6 rings (SSSR count). The number of carbonyl (C=O) groups excluding carboxylic acids is 1. The molecule has 1 N–H and O–H groups in total. The number of aromatic nitrogens is 1. The lowest BCUT2D eigenvalue weighted by Crippen LogP contribution is -2.30. The molecule has 0 spiro atoms. The predicted octanol–water partition coefficient (Wildman–Crippen LogP) is 8.78. The summed E-state index contributed by atoms with van der Waals surface area (Å²) in [4.78, 5) is 20.5. The van der Waals surface area contributed by atoms with Crippen molar-refractivity contribution in [2.24, 2.45) is 0 Å². The fraction of sp³-hybridized carbons (Fsp3) is 0.150. The molecule has 0 aliphatic heterocycles. The summed E-state index contributed by atoms with van der Waals surface area (Å²) in [6.45, 7) is 2.29. The minimum absolute atomic E-state index is 0.189. The van der Waals surface area contributed by atoms with Crippen molar-refractivity contribution in [1.82, 2.24) is 15.2 Å². The molecule has 0 saturated carbocycles. The normalized spacial score (nSPS) is 11.7. The van der Waals surface area contributed by atoms with Crippen LogP contribution >= 0.6 is 11.3 Å². The lowest BCUT2D eigenvalue weighted by atomic mass is 9.99. The molecule has 1 aromatic heterocycles. The van der Waals surface area contributed by atoms with Crippen molar-refractivity contribution in [2.45, 2.75) is 38.7 Å². The van der Waals surface area contributed by atoms with Gasteiger partial charge in [0.15, 0.2) is 0 Å². The van der Waals surface area contributed by atoms with Crippen LogP contribution in [0.3, 0.4) is 0 Å². The van der Waals surface area contributed by atoms with E-state index in [0.29, 0.717) is 38.4 Å². The Bertz CT molecular complexity index is 1830. The Morgan fingerprint density at radius 1 is 0.702 bits per heavy atom. The van der Waals surface area contributed by atoms with E-state index in [9.17, 15) is 9.18 Å². The van der Waals surface area contributed by atoms with Gasteiger partial charge in [0.2, 0.25) is 0 Å². The smallest absolute Gasteiger partial charge is 0.271 e. The molecule has 0 aliphatic carbocycles. The topological polar surface area (TPSA) is 54.5 Å². The zero-order valence-corrected chi connectivity index (χ0v) is 26.8. The van der Waals surface area contributed by atoms with Crippen LogP contribution in [0, 0.1) is 5.82 Å². The van der Waals surface area contributed by atoms with Crippen molar-refractivity contribution in [3.8, 4) is 5.75 Å². The molecule has 1 atom stereocenters. The van der Waals surface area contributed by atoms with E-state index >= 15 is 0 Å². The highest BCUT2D eigenvalue weighted by molar-refractivity contribution is 7.09. The van der Waals surface area contributed by atoms with Crippen molar-refractivity contribution >= 4 is 17.2 Å². The lowest BCUT2D eigenvalue weighted by molar-refractivity contribution is 0.0931. The first-order chi connectivity index (χ1) is 23.1. The van der Waals surface area contributed by atoms with Crippen LogP contribution in [0.2, 0.25) is 0 Å². The molecule has 236 valence electrons. The predicted molar refractivity (Wildman–Crippen MR) is 185 cm³/mol. The molecule has 0 bridgehead atoms. The van der Waals surface area contributed by atoms with Crippen LogP contribution in [0.25, 0.3) is 0 Å². The summed E-state index contributed by atoms with van der Waals surface area (Å²) in [6.07, 6.45) is 0.676. The average molecular weight is 642 g/mol. The summed E-state index contributed by atoms with van der Waals surface area (Å²) in [5.74, 6) is 0.343. The highest BCUT2D eigenvalue weighted by Crippen LogP contribution is 2.22. The number of hydrogen-bond donors (Lipinski definition) is 1. The van der Waals surface area contributed by atoms with Gasteiger partial charge < -0.3 is 10.1 Å². The van der Waals surface area contributed by atoms with Crippen LogP contribution < -0.4 is 10.1 Å². The molecule has 7 heteroatoms. The molecule has 0 unspecified atom stereocenters. The summed E-state index contributed by atoms with van der Waals surface area (Å²) in [5, 5.41) is 5.88. The molecule has 0 radical (unpaired) electrons. The number of benzene rings is 5. The first-order valence-electron chi connectivity index (χ1n) is 15.6. The van der Waals surface area contributed by atoms with Gasteiger partial charge in [0.1, 0.15) is 28.9 Å². The standard InChI is InChI=1S/C40H36FN3O2S/c41-35-20-16-31(17-21-35)25-44(26-32-18-22-36(23-19-32)46-28-33-12-6-2-7-13-33)27-39-42-38(29-47-39)40(45)43-37(34-14-8-3-9-15-34)24-30-10-4-1-5-11-30/h1-23,29,37H,24-28H2,(H,43,45)/t37-/m0/s1. The van der Waals surface area contributed by atoms with Crippen molar-refractivity contribution in [3.05, 3.63) is 189 Å². The van der Waals surface area contributed by atoms with E-state index in [1.807, 2.05) is 96.4 Å². The molecular formula is C40H36FN3O2S. The summed E-state index contributed by atoms with van der Waals surface area (Å²) < 4.78 is 19.6. The maximum atomic E-state index is 13.7. The summed E-state index contributed by atoms with van der Waals surface area (Å²) in [7, 11) is 0. The van der Waals surface area contributed by atoms with Crippen molar-refractivity contribution in [1.29, 1.82) is 0 Å². The number of nitrogens with one attached hydrogen (secondary N) is 1. The van der Waals surface area contributed by atoms with Gasteiger partial charge in [-0.25, -0.2) is 9.37 Å². The third-order valence-electron chi connectivity index (χ3n) is 7.83. The van der Waals surface area contributed by atoms with Gasteiger partial charge in [0.05, 0.1) is 12.6 Å². The quantitative estimate of drug-likeness (QED) is 0.129. The molecule has 0 saturated heterocycles. The second-order valence-corrected chi connectivity index (χ2v) is 12.4. The van der Waals surface area contributed by atoms with Crippen molar-refractivity contribution < 1.29 is 13.9 Å². The molecule has 47 heavy (non-hydrogen) atoms. The average Bonchev–Trinajstić information content (AvgIpc) is 3.58. The van der Waals surface area contributed by atoms with Crippen molar-refractivity contribution in [3.63, 3.8) is 0 Å². The zero-order chi connectivity index (χ0) is 32.3. The molecule has 1 heterocycles. The SMILES string of the molecule is O=C(N[C@@H](Cc1ccccc1)c1ccccc1)c1csc(CN(Cc2ccc(F)cc2)Cc2ccc(OCc3ccccc3)cc2)n1. The van der Waals surface area contributed by atoms with Crippen LogP contribution in [0.1, 0.15) is 49.4 Å². The van der Waals surface area contributed by atoms with Crippen LogP contribution in [-0.4, -0.2) is 15.8 Å². The van der Waals surface area contributed by atoms with E-state index in [4.69, 9.17) is 9.72 Å². The maximum Gasteiger partial charge on any atom is 0.271 e. The molecular weight excluding hydrogens is 606 g/mol. The number of halogens is 1. The van der Waals surface area contributed by atoms with E-state index < -0.39 is 0 Å². The molecule has 5 aromatic carbocycles. The van der Waals surface area contributed by atoms with Crippen molar-refractivity contribution in [2.75, 3.05) is 0 Å². The molecule has 1 amide bonds. The van der Waals surface area contributed by atoms with Gasteiger partial charge >= 0.3 is 0 Å².